The number of hydrogen-bond acceptors (Lipinski definition) is 4. The lowest BCUT2D eigenvalue weighted by atomic mass is 9.73. The zero-order valence-corrected chi connectivity index (χ0v) is 17.3. The molecule has 1 atom stereocenters. The van der Waals surface area contributed by atoms with E-state index in [1.165, 1.54) is 0 Å². The normalized spacial score (nSPS) is 25.5. The number of fused-ring (bicyclic) bond motifs is 1. The van der Waals surface area contributed by atoms with Crippen molar-refractivity contribution in [2.45, 2.75) is 71.6 Å². The number of amides is 2. The summed E-state index contributed by atoms with van der Waals surface area (Å²) in [5.74, 6) is 1.80. The van der Waals surface area contributed by atoms with Gasteiger partial charge in [0.25, 0.3) is 5.91 Å². The summed E-state index contributed by atoms with van der Waals surface area (Å²) < 4.78 is 5.47. The Morgan fingerprint density at radius 1 is 1.14 bits per heavy atom. The number of rotatable bonds is 4. The van der Waals surface area contributed by atoms with E-state index in [2.05, 4.69) is 23.9 Å². The second-order valence-electron chi connectivity index (χ2n) is 9.47. The minimum atomic E-state index is 0.0246. The molecule has 3 aliphatic rings. The van der Waals surface area contributed by atoms with Gasteiger partial charge in [-0.15, -0.1) is 0 Å². The minimum absolute atomic E-state index is 0.0246. The van der Waals surface area contributed by atoms with E-state index in [0.717, 1.165) is 88.9 Å². The van der Waals surface area contributed by atoms with Crippen LogP contribution in [0.2, 0.25) is 0 Å². The van der Waals surface area contributed by atoms with E-state index in [9.17, 15) is 9.59 Å². The fraction of sp³-hybridized carbons (Fsp3) is 0.773. The lowest BCUT2D eigenvalue weighted by molar-refractivity contribution is -0.139. The fourth-order valence-electron chi connectivity index (χ4n) is 5.14. The number of likely N-dealkylation sites (tertiary alicyclic amines) is 2. The minimum Gasteiger partial charge on any atom is -0.360 e. The lowest BCUT2D eigenvalue weighted by Crippen LogP contribution is -2.55. The van der Waals surface area contributed by atoms with Crippen LogP contribution >= 0.6 is 0 Å². The van der Waals surface area contributed by atoms with E-state index in [4.69, 9.17) is 4.52 Å². The van der Waals surface area contributed by atoms with Gasteiger partial charge in [-0.2, -0.15) is 0 Å². The first-order valence-corrected chi connectivity index (χ1v) is 11.0. The fourth-order valence-corrected chi connectivity index (χ4v) is 5.14. The average molecular weight is 388 g/mol. The Bertz CT molecular complexity index is 741. The maximum Gasteiger partial charge on any atom is 0.276 e. The third kappa shape index (κ3) is 3.83. The highest BCUT2D eigenvalue weighted by Gasteiger charge is 2.43. The van der Waals surface area contributed by atoms with Crippen molar-refractivity contribution in [3.05, 3.63) is 17.0 Å². The SMILES string of the molecule is CC(C)CCN1C[C@@]2(CCCN(C(=O)c3noc4c3CCCC4)C2)CCC1=O. The summed E-state index contributed by atoms with van der Waals surface area (Å²) in [7, 11) is 0. The van der Waals surface area contributed by atoms with Gasteiger partial charge in [-0.25, -0.2) is 0 Å². The van der Waals surface area contributed by atoms with Crippen molar-refractivity contribution in [3.8, 4) is 0 Å². The van der Waals surface area contributed by atoms with E-state index in [1.807, 2.05) is 4.90 Å². The molecule has 6 nitrogen and oxygen atoms in total. The zero-order valence-electron chi connectivity index (χ0n) is 17.3. The van der Waals surface area contributed by atoms with Crippen molar-refractivity contribution in [3.63, 3.8) is 0 Å². The van der Waals surface area contributed by atoms with E-state index in [1.54, 1.807) is 0 Å². The molecule has 1 aromatic heterocycles. The van der Waals surface area contributed by atoms with Crippen LogP contribution in [0.15, 0.2) is 4.52 Å². The van der Waals surface area contributed by atoms with Crippen LogP contribution in [-0.2, 0) is 17.6 Å². The maximum absolute atomic E-state index is 13.2. The van der Waals surface area contributed by atoms with Gasteiger partial charge >= 0.3 is 0 Å². The van der Waals surface area contributed by atoms with Crippen LogP contribution in [0, 0.1) is 11.3 Å². The molecular weight excluding hydrogens is 354 g/mol. The van der Waals surface area contributed by atoms with Crippen LogP contribution < -0.4 is 0 Å². The first-order chi connectivity index (χ1) is 13.5. The highest BCUT2D eigenvalue weighted by molar-refractivity contribution is 5.94. The molecule has 1 aliphatic carbocycles. The standard InChI is InChI=1S/C22H33N3O3/c1-16(2)9-13-24-14-22(11-8-19(24)26)10-5-12-25(15-22)21(27)20-17-6-3-4-7-18(17)28-23-20/h16H,3-15H2,1-2H3/t22-/m1/s1. The molecule has 0 unspecified atom stereocenters. The summed E-state index contributed by atoms with van der Waals surface area (Å²) in [6, 6.07) is 0. The van der Waals surface area contributed by atoms with Crippen molar-refractivity contribution in [2.75, 3.05) is 26.2 Å². The van der Waals surface area contributed by atoms with Gasteiger partial charge in [-0.05, 0) is 50.9 Å². The third-order valence-corrected chi connectivity index (χ3v) is 6.83. The summed E-state index contributed by atoms with van der Waals surface area (Å²) in [5.41, 5.74) is 1.62. The lowest BCUT2D eigenvalue weighted by Gasteiger charge is -2.48. The Hall–Kier alpha value is -1.85. The predicted molar refractivity (Wildman–Crippen MR) is 106 cm³/mol. The molecule has 6 heteroatoms. The van der Waals surface area contributed by atoms with Crippen molar-refractivity contribution in [2.24, 2.45) is 11.3 Å². The Morgan fingerprint density at radius 3 is 2.79 bits per heavy atom. The molecule has 4 rings (SSSR count). The molecule has 0 aromatic carbocycles. The molecule has 2 aliphatic heterocycles. The molecule has 3 heterocycles. The summed E-state index contributed by atoms with van der Waals surface area (Å²) in [4.78, 5) is 29.7. The zero-order chi connectivity index (χ0) is 19.7. The van der Waals surface area contributed by atoms with Crippen molar-refractivity contribution >= 4 is 11.8 Å². The molecular formula is C22H33N3O3. The number of nitrogens with zero attached hydrogens (tertiary/aromatic N) is 3. The summed E-state index contributed by atoms with van der Waals surface area (Å²) in [6.45, 7) is 7.54. The van der Waals surface area contributed by atoms with E-state index in [0.29, 0.717) is 18.0 Å². The largest absolute Gasteiger partial charge is 0.360 e. The molecule has 1 spiro atoms. The summed E-state index contributed by atoms with van der Waals surface area (Å²) >= 11 is 0. The number of hydrogen-bond donors (Lipinski definition) is 0. The van der Waals surface area contributed by atoms with E-state index in [-0.39, 0.29) is 17.2 Å². The molecule has 0 N–H and O–H groups in total. The summed E-state index contributed by atoms with van der Waals surface area (Å²) in [6.07, 6.45) is 8.65. The second kappa shape index (κ2) is 7.88. The average Bonchev–Trinajstić information content (AvgIpc) is 3.12. The molecule has 0 bridgehead atoms. The van der Waals surface area contributed by atoms with Gasteiger partial charge in [0.2, 0.25) is 5.91 Å². The first-order valence-electron chi connectivity index (χ1n) is 11.0. The number of carbonyl (C=O) groups is 2. The van der Waals surface area contributed by atoms with Crippen LogP contribution in [0.25, 0.3) is 0 Å². The van der Waals surface area contributed by atoms with Gasteiger partial charge in [-0.3, -0.25) is 9.59 Å². The van der Waals surface area contributed by atoms with Gasteiger partial charge < -0.3 is 14.3 Å². The molecule has 1 aromatic rings. The van der Waals surface area contributed by atoms with Crippen LogP contribution in [0.4, 0.5) is 0 Å². The quantitative estimate of drug-likeness (QED) is 0.794. The number of aromatic nitrogens is 1. The number of piperidine rings is 2. The molecule has 154 valence electrons. The van der Waals surface area contributed by atoms with Crippen LogP contribution in [0.5, 0.6) is 0 Å². The van der Waals surface area contributed by atoms with Gasteiger partial charge in [0.1, 0.15) is 5.76 Å². The maximum atomic E-state index is 13.2. The van der Waals surface area contributed by atoms with Gasteiger partial charge in [0.05, 0.1) is 0 Å². The van der Waals surface area contributed by atoms with E-state index >= 15 is 0 Å². The second-order valence-corrected chi connectivity index (χ2v) is 9.47. The van der Waals surface area contributed by atoms with Crippen LogP contribution in [-0.4, -0.2) is 52.9 Å². The molecule has 2 amide bonds. The topological polar surface area (TPSA) is 66.7 Å². The van der Waals surface area contributed by atoms with Gasteiger partial charge in [0, 0.05) is 50.0 Å². The summed E-state index contributed by atoms with van der Waals surface area (Å²) in [5, 5.41) is 4.15. The van der Waals surface area contributed by atoms with Crippen molar-refractivity contribution in [1.82, 2.24) is 15.0 Å². The van der Waals surface area contributed by atoms with Crippen molar-refractivity contribution < 1.29 is 14.1 Å². The highest BCUT2D eigenvalue weighted by Crippen LogP contribution is 2.39. The van der Waals surface area contributed by atoms with E-state index < -0.39 is 0 Å². The molecule has 2 saturated heterocycles. The Labute approximate surface area is 167 Å². The monoisotopic (exact) mass is 387 g/mol. The third-order valence-electron chi connectivity index (χ3n) is 6.83. The predicted octanol–water partition coefficient (Wildman–Crippen LogP) is 3.44. The van der Waals surface area contributed by atoms with Gasteiger partial charge in [0.15, 0.2) is 5.69 Å². The van der Waals surface area contributed by atoms with Gasteiger partial charge in [-0.1, -0.05) is 19.0 Å². The number of carbonyl (C=O) groups excluding carboxylic acids is 2. The Balaban J connectivity index is 1.47. The Morgan fingerprint density at radius 2 is 1.96 bits per heavy atom. The van der Waals surface area contributed by atoms with Crippen molar-refractivity contribution in [1.29, 1.82) is 0 Å². The molecule has 0 saturated carbocycles. The number of aryl methyl sites for hydroxylation is 1. The first kappa shape index (κ1) is 19.5. The smallest absolute Gasteiger partial charge is 0.276 e. The highest BCUT2D eigenvalue weighted by atomic mass is 16.5. The van der Waals surface area contributed by atoms with Crippen LogP contribution in [0.1, 0.15) is 80.6 Å². The molecule has 28 heavy (non-hydrogen) atoms. The molecule has 0 radical (unpaired) electrons. The molecule has 2 fully saturated rings. The van der Waals surface area contributed by atoms with Crippen LogP contribution in [0.3, 0.4) is 0 Å². The Kier molecular flexibility index (Phi) is 5.48.